The molecule has 0 radical (unpaired) electrons. The summed E-state index contributed by atoms with van der Waals surface area (Å²) in [7, 11) is 3.23. The monoisotopic (exact) mass is 390 g/mol. The van der Waals surface area contributed by atoms with E-state index in [1.165, 1.54) is 0 Å². The molecule has 0 unspecified atom stereocenters. The molecule has 1 N–H and O–H groups in total. The molecule has 2 aliphatic heterocycles. The molecule has 3 rings (SSSR count). The summed E-state index contributed by atoms with van der Waals surface area (Å²) in [6.45, 7) is 2.24. The Morgan fingerprint density at radius 1 is 1.25 bits per heavy atom. The van der Waals surface area contributed by atoms with Gasteiger partial charge in [-0.25, -0.2) is 0 Å². The Hall–Kier alpha value is -2.12. The third kappa shape index (κ3) is 4.83. The van der Waals surface area contributed by atoms with Crippen LogP contribution in [0, 0.1) is 5.92 Å². The molecule has 2 heterocycles. The van der Waals surface area contributed by atoms with Crippen molar-refractivity contribution in [2.45, 2.75) is 37.8 Å². The molecule has 0 aromatic heterocycles. The van der Waals surface area contributed by atoms with Gasteiger partial charge in [0.2, 0.25) is 11.8 Å². The molecule has 2 fully saturated rings. The van der Waals surface area contributed by atoms with Crippen molar-refractivity contribution in [3.63, 3.8) is 0 Å². The number of likely N-dealkylation sites (tertiary alicyclic amines) is 1. The first-order valence-electron chi connectivity index (χ1n) is 9.94. The van der Waals surface area contributed by atoms with Crippen LogP contribution in [0.15, 0.2) is 24.3 Å². The quantitative estimate of drug-likeness (QED) is 0.770. The molecule has 7 heteroatoms. The van der Waals surface area contributed by atoms with Gasteiger partial charge in [0, 0.05) is 39.3 Å². The van der Waals surface area contributed by atoms with Crippen LogP contribution in [-0.4, -0.2) is 63.3 Å². The maximum Gasteiger partial charge on any atom is 0.225 e. The molecule has 2 saturated heterocycles. The predicted octanol–water partition coefficient (Wildman–Crippen LogP) is 1.92. The van der Waals surface area contributed by atoms with E-state index in [9.17, 15) is 9.59 Å². The highest BCUT2D eigenvalue weighted by Crippen LogP contribution is 2.38. The van der Waals surface area contributed by atoms with Crippen molar-refractivity contribution >= 4 is 11.8 Å². The smallest absolute Gasteiger partial charge is 0.225 e. The predicted molar refractivity (Wildman–Crippen MR) is 104 cm³/mol. The second kappa shape index (κ2) is 9.89. The zero-order valence-electron chi connectivity index (χ0n) is 16.7. The number of piperidine rings is 1. The molecular weight excluding hydrogens is 360 g/mol. The van der Waals surface area contributed by atoms with Crippen LogP contribution < -0.4 is 10.1 Å². The summed E-state index contributed by atoms with van der Waals surface area (Å²) in [6.07, 6.45) is 2.57. The molecule has 154 valence electrons. The van der Waals surface area contributed by atoms with Crippen LogP contribution in [0.2, 0.25) is 0 Å². The summed E-state index contributed by atoms with van der Waals surface area (Å²) >= 11 is 0. The Kier molecular flexibility index (Phi) is 7.28. The summed E-state index contributed by atoms with van der Waals surface area (Å²) in [4.78, 5) is 27.7. The van der Waals surface area contributed by atoms with Gasteiger partial charge >= 0.3 is 0 Å². The maximum absolute atomic E-state index is 13.2. The summed E-state index contributed by atoms with van der Waals surface area (Å²) in [5, 5.41) is 3.19. The number of amides is 2. The Morgan fingerprint density at radius 3 is 2.75 bits per heavy atom. The Morgan fingerprint density at radius 2 is 2.04 bits per heavy atom. The number of rotatable bonds is 7. The maximum atomic E-state index is 13.2. The zero-order chi connectivity index (χ0) is 19.9. The van der Waals surface area contributed by atoms with Crippen molar-refractivity contribution in [3.8, 4) is 5.75 Å². The van der Waals surface area contributed by atoms with E-state index in [1.807, 2.05) is 24.3 Å². The molecule has 0 aliphatic carbocycles. The van der Waals surface area contributed by atoms with Gasteiger partial charge in [-0.15, -0.1) is 0 Å². The van der Waals surface area contributed by atoms with Gasteiger partial charge in [-0.1, -0.05) is 12.1 Å². The number of hydrogen-bond donors (Lipinski definition) is 1. The van der Waals surface area contributed by atoms with Crippen molar-refractivity contribution in [2.24, 2.45) is 5.92 Å². The summed E-state index contributed by atoms with van der Waals surface area (Å²) in [5.74, 6) is 0.477. The summed E-state index contributed by atoms with van der Waals surface area (Å²) in [6, 6.07) is 7.45. The Balaban J connectivity index is 1.86. The number of nitrogens with one attached hydrogen (secondary N) is 1. The van der Waals surface area contributed by atoms with Crippen molar-refractivity contribution < 1.29 is 23.8 Å². The van der Waals surface area contributed by atoms with E-state index in [0.29, 0.717) is 45.0 Å². The van der Waals surface area contributed by atoms with Crippen LogP contribution in [0.5, 0.6) is 5.75 Å². The first kappa shape index (κ1) is 20.6. The van der Waals surface area contributed by atoms with Gasteiger partial charge in [0.1, 0.15) is 5.75 Å². The Bertz CT molecular complexity index is 675. The van der Waals surface area contributed by atoms with E-state index < -0.39 is 0 Å². The standard InChI is InChI=1S/C21H30N2O5/c1-26-13-10-23-19(24)7-6-18(21(25)22-16-8-11-28-12-9-16)20(23)15-4-3-5-17(14-15)27-2/h3-5,14,16,18,20H,6-13H2,1-2H3,(H,22,25)/t18-,20+/m1/s1. The number of nitrogens with zero attached hydrogens (tertiary/aromatic N) is 1. The molecule has 1 aromatic rings. The van der Waals surface area contributed by atoms with Gasteiger partial charge in [-0.2, -0.15) is 0 Å². The topological polar surface area (TPSA) is 77.1 Å². The summed E-state index contributed by atoms with van der Waals surface area (Å²) < 4.78 is 16.0. The average molecular weight is 390 g/mol. The van der Waals surface area contributed by atoms with E-state index in [-0.39, 0.29) is 29.8 Å². The van der Waals surface area contributed by atoms with Crippen LogP contribution in [0.1, 0.15) is 37.3 Å². The molecule has 2 aliphatic rings. The number of methoxy groups -OCH3 is 2. The van der Waals surface area contributed by atoms with Crippen LogP contribution >= 0.6 is 0 Å². The van der Waals surface area contributed by atoms with Crippen molar-refractivity contribution in [3.05, 3.63) is 29.8 Å². The van der Waals surface area contributed by atoms with Crippen molar-refractivity contribution in [1.29, 1.82) is 0 Å². The highest BCUT2D eigenvalue weighted by molar-refractivity contribution is 5.85. The van der Waals surface area contributed by atoms with Gasteiger partial charge in [-0.3, -0.25) is 9.59 Å². The van der Waals surface area contributed by atoms with Gasteiger partial charge < -0.3 is 24.4 Å². The normalized spacial score (nSPS) is 23.5. The molecule has 2 amide bonds. The minimum Gasteiger partial charge on any atom is -0.497 e. The number of benzene rings is 1. The molecule has 28 heavy (non-hydrogen) atoms. The van der Waals surface area contributed by atoms with E-state index in [2.05, 4.69) is 5.32 Å². The molecule has 0 saturated carbocycles. The third-order valence-corrected chi connectivity index (χ3v) is 5.58. The van der Waals surface area contributed by atoms with Gasteiger partial charge in [0.25, 0.3) is 0 Å². The number of ether oxygens (including phenoxy) is 3. The lowest BCUT2D eigenvalue weighted by molar-refractivity contribution is -0.144. The minimum absolute atomic E-state index is 0.00892. The number of carbonyl (C=O) groups excluding carboxylic acids is 2. The largest absolute Gasteiger partial charge is 0.497 e. The zero-order valence-corrected chi connectivity index (χ0v) is 16.7. The van der Waals surface area contributed by atoms with Gasteiger partial charge in [0.05, 0.1) is 25.7 Å². The number of hydrogen-bond acceptors (Lipinski definition) is 5. The van der Waals surface area contributed by atoms with E-state index >= 15 is 0 Å². The highest BCUT2D eigenvalue weighted by atomic mass is 16.5. The Labute approximate surface area is 166 Å². The second-order valence-corrected chi connectivity index (χ2v) is 7.34. The van der Waals surface area contributed by atoms with Crippen LogP contribution in [0.4, 0.5) is 0 Å². The lowest BCUT2D eigenvalue weighted by Gasteiger charge is -2.41. The van der Waals surface area contributed by atoms with E-state index in [0.717, 1.165) is 18.4 Å². The summed E-state index contributed by atoms with van der Waals surface area (Å²) in [5.41, 5.74) is 0.913. The second-order valence-electron chi connectivity index (χ2n) is 7.34. The number of carbonyl (C=O) groups is 2. The van der Waals surface area contributed by atoms with E-state index in [4.69, 9.17) is 14.2 Å². The van der Waals surface area contributed by atoms with Crippen molar-refractivity contribution in [2.75, 3.05) is 40.6 Å². The lowest BCUT2D eigenvalue weighted by Crippen LogP contribution is -2.51. The van der Waals surface area contributed by atoms with Gasteiger partial charge in [-0.05, 0) is 37.0 Å². The lowest BCUT2D eigenvalue weighted by atomic mass is 9.83. The van der Waals surface area contributed by atoms with E-state index in [1.54, 1.807) is 19.1 Å². The SMILES string of the molecule is COCCN1C(=O)CC[C@@H](C(=O)NC2CCOCC2)[C@@H]1c1cccc(OC)c1. The fraction of sp³-hybridized carbons (Fsp3) is 0.619. The highest BCUT2D eigenvalue weighted by Gasteiger charge is 2.41. The first-order valence-corrected chi connectivity index (χ1v) is 9.94. The van der Waals surface area contributed by atoms with Crippen LogP contribution in [0.25, 0.3) is 0 Å². The van der Waals surface area contributed by atoms with Crippen LogP contribution in [0.3, 0.4) is 0 Å². The first-order chi connectivity index (χ1) is 13.6. The molecular formula is C21H30N2O5. The van der Waals surface area contributed by atoms with Gasteiger partial charge in [0.15, 0.2) is 0 Å². The van der Waals surface area contributed by atoms with Crippen molar-refractivity contribution in [1.82, 2.24) is 10.2 Å². The average Bonchev–Trinajstić information content (AvgIpc) is 2.73. The molecule has 2 atom stereocenters. The molecule has 0 bridgehead atoms. The fourth-order valence-electron chi connectivity index (χ4n) is 4.07. The minimum atomic E-state index is -0.327. The molecule has 1 aromatic carbocycles. The third-order valence-electron chi connectivity index (χ3n) is 5.58. The molecule has 7 nitrogen and oxygen atoms in total. The fourth-order valence-corrected chi connectivity index (χ4v) is 4.07. The molecule has 0 spiro atoms. The van der Waals surface area contributed by atoms with Crippen LogP contribution in [-0.2, 0) is 19.1 Å².